The fraction of sp³-hybridized carbons (Fsp3) is 0.111. The Morgan fingerprint density at radius 2 is 2.15 bits per heavy atom. The van der Waals surface area contributed by atoms with Crippen molar-refractivity contribution in [3.63, 3.8) is 0 Å². The molecule has 1 aromatic rings. The quantitative estimate of drug-likeness (QED) is 0.703. The van der Waals surface area contributed by atoms with Gasteiger partial charge in [0.1, 0.15) is 5.75 Å². The second-order valence-electron chi connectivity index (χ2n) is 2.33. The third-order valence-corrected chi connectivity index (χ3v) is 1.60. The van der Waals surface area contributed by atoms with Gasteiger partial charge in [0.05, 0.1) is 12.8 Å². The summed E-state index contributed by atoms with van der Waals surface area (Å²) in [5.41, 5.74) is 0.872. The number of rotatable bonds is 4. The van der Waals surface area contributed by atoms with Crippen molar-refractivity contribution >= 4 is 18.4 Å². The second-order valence-corrected chi connectivity index (χ2v) is 2.33. The second kappa shape index (κ2) is 4.25. The number of carbonyl (C=O) groups excluding carboxylic acids is 2. The average molecular weight is 179 g/mol. The number of anilines is 1. The van der Waals surface area contributed by atoms with Gasteiger partial charge in [0.2, 0.25) is 6.41 Å². The van der Waals surface area contributed by atoms with Crippen molar-refractivity contribution in [3.05, 3.63) is 23.8 Å². The molecule has 0 spiro atoms. The zero-order valence-corrected chi connectivity index (χ0v) is 7.11. The predicted molar refractivity (Wildman–Crippen MR) is 48.1 cm³/mol. The molecule has 1 N–H and O–H groups in total. The number of nitrogens with one attached hydrogen (secondary N) is 1. The van der Waals surface area contributed by atoms with Crippen molar-refractivity contribution in [1.82, 2.24) is 0 Å². The van der Waals surface area contributed by atoms with Crippen LogP contribution >= 0.6 is 0 Å². The summed E-state index contributed by atoms with van der Waals surface area (Å²) in [4.78, 5) is 20.7. The topological polar surface area (TPSA) is 55.4 Å². The van der Waals surface area contributed by atoms with Crippen LogP contribution in [0.2, 0.25) is 0 Å². The minimum Gasteiger partial charge on any atom is -0.497 e. The van der Waals surface area contributed by atoms with Crippen LogP contribution in [0.1, 0.15) is 10.4 Å². The van der Waals surface area contributed by atoms with Gasteiger partial charge in [-0.3, -0.25) is 9.59 Å². The summed E-state index contributed by atoms with van der Waals surface area (Å²) in [7, 11) is 1.51. The third-order valence-electron chi connectivity index (χ3n) is 1.60. The summed E-state index contributed by atoms with van der Waals surface area (Å²) in [6.07, 6.45) is 1.18. The van der Waals surface area contributed by atoms with E-state index in [-0.39, 0.29) is 0 Å². The highest BCUT2D eigenvalue weighted by molar-refractivity contribution is 5.89. The van der Waals surface area contributed by atoms with Gasteiger partial charge in [0.15, 0.2) is 6.29 Å². The van der Waals surface area contributed by atoms with Crippen molar-refractivity contribution in [2.45, 2.75) is 0 Å². The predicted octanol–water partition coefficient (Wildman–Crippen LogP) is 1.08. The van der Waals surface area contributed by atoms with Crippen molar-refractivity contribution in [2.24, 2.45) is 0 Å². The van der Waals surface area contributed by atoms with E-state index in [1.165, 1.54) is 7.11 Å². The molecule has 0 heterocycles. The first-order valence-electron chi connectivity index (χ1n) is 3.65. The number of amides is 1. The van der Waals surface area contributed by atoms with Gasteiger partial charge in [-0.05, 0) is 18.2 Å². The fourth-order valence-corrected chi connectivity index (χ4v) is 0.960. The van der Waals surface area contributed by atoms with Gasteiger partial charge in [-0.2, -0.15) is 0 Å². The van der Waals surface area contributed by atoms with Crippen LogP contribution in [0.5, 0.6) is 5.75 Å². The number of hydrogen-bond donors (Lipinski definition) is 1. The van der Waals surface area contributed by atoms with E-state index in [9.17, 15) is 9.59 Å². The molecule has 0 bridgehead atoms. The molecule has 0 atom stereocenters. The largest absolute Gasteiger partial charge is 0.497 e. The molecular formula is C9H9NO3. The Bertz CT molecular complexity index is 323. The first-order valence-corrected chi connectivity index (χ1v) is 3.65. The van der Waals surface area contributed by atoms with Crippen LogP contribution in [-0.4, -0.2) is 19.8 Å². The molecule has 0 unspecified atom stereocenters. The Hall–Kier alpha value is -1.84. The molecule has 68 valence electrons. The first-order chi connectivity index (χ1) is 6.31. The number of methoxy groups -OCH3 is 1. The van der Waals surface area contributed by atoms with Crippen LogP contribution in [0.15, 0.2) is 18.2 Å². The first kappa shape index (κ1) is 9.25. The van der Waals surface area contributed by atoms with Crippen LogP contribution in [-0.2, 0) is 4.79 Å². The van der Waals surface area contributed by atoms with E-state index in [0.29, 0.717) is 29.7 Å². The van der Waals surface area contributed by atoms with Crippen LogP contribution in [0.3, 0.4) is 0 Å². The maximum Gasteiger partial charge on any atom is 0.211 e. The highest BCUT2D eigenvalue weighted by atomic mass is 16.5. The summed E-state index contributed by atoms with van der Waals surface area (Å²) in [5, 5.41) is 2.41. The molecular weight excluding hydrogens is 170 g/mol. The molecule has 0 aliphatic rings. The van der Waals surface area contributed by atoms with Crippen molar-refractivity contribution < 1.29 is 14.3 Å². The van der Waals surface area contributed by atoms with E-state index < -0.39 is 0 Å². The van der Waals surface area contributed by atoms with E-state index in [1.54, 1.807) is 18.2 Å². The van der Waals surface area contributed by atoms with Crippen molar-refractivity contribution in [3.8, 4) is 5.75 Å². The lowest BCUT2D eigenvalue weighted by atomic mass is 10.2. The smallest absolute Gasteiger partial charge is 0.211 e. The molecule has 4 heteroatoms. The maximum absolute atomic E-state index is 10.6. The van der Waals surface area contributed by atoms with Gasteiger partial charge in [-0.15, -0.1) is 0 Å². The summed E-state index contributed by atoms with van der Waals surface area (Å²) in [6, 6.07) is 4.83. The molecule has 0 aliphatic heterocycles. The zero-order chi connectivity index (χ0) is 9.68. The summed E-state index contributed by atoms with van der Waals surface area (Å²) in [5.74, 6) is 0.582. The zero-order valence-electron chi connectivity index (χ0n) is 7.11. The third kappa shape index (κ3) is 2.05. The van der Waals surface area contributed by atoms with Crippen LogP contribution < -0.4 is 10.1 Å². The molecule has 1 rings (SSSR count). The molecule has 13 heavy (non-hydrogen) atoms. The number of carbonyl (C=O) groups is 2. The van der Waals surface area contributed by atoms with Gasteiger partial charge in [0.25, 0.3) is 0 Å². The minimum absolute atomic E-state index is 0.395. The van der Waals surface area contributed by atoms with Gasteiger partial charge in [-0.25, -0.2) is 0 Å². The van der Waals surface area contributed by atoms with E-state index in [0.717, 1.165) is 0 Å². The Morgan fingerprint density at radius 1 is 1.38 bits per heavy atom. The maximum atomic E-state index is 10.6. The molecule has 0 aliphatic carbocycles. The number of ether oxygens (including phenoxy) is 1. The molecule has 1 amide bonds. The van der Waals surface area contributed by atoms with Crippen molar-refractivity contribution in [2.75, 3.05) is 12.4 Å². The standard InChI is InChI=1S/C9H9NO3/c1-13-8-2-3-9(10-6-12)7(4-8)5-11/h2-6H,1H3,(H,10,12). The molecule has 0 fully saturated rings. The number of hydrogen-bond acceptors (Lipinski definition) is 3. The van der Waals surface area contributed by atoms with E-state index in [1.807, 2.05) is 0 Å². The van der Waals surface area contributed by atoms with Crippen LogP contribution in [0.4, 0.5) is 5.69 Å². The van der Waals surface area contributed by atoms with E-state index >= 15 is 0 Å². The Kier molecular flexibility index (Phi) is 3.03. The molecule has 0 aromatic heterocycles. The molecule has 0 saturated heterocycles. The van der Waals surface area contributed by atoms with Gasteiger partial charge >= 0.3 is 0 Å². The van der Waals surface area contributed by atoms with Gasteiger partial charge in [-0.1, -0.05) is 0 Å². The summed E-state index contributed by atoms with van der Waals surface area (Å²) >= 11 is 0. The normalized spacial score (nSPS) is 9.00. The van der Waals surface area contributed by atoms with E-state index in [4.69, 9.17) is 4.74 Å². The highest BCUT2D eigenvalue weighted by Gasteiger charge is 2.01. The highest BCUT2D eigenvalue weighted by Crippen LogP contribution is 2.19. The Morgan fingerprint density at radius 3 is 2.69 bits per heavy atom. The van der Waals surface area contributed by atoms with E-state index in [2.05, 4.69) is 5.32 Å². The van der Waals surface area contributed by atoms with Crippen molar-refractivity contribution in [1.29, 1.82) is 0 Å². The van der Waals surface area contributed by atoms with Crippen LogP contribution in [0, 0.1) is 0 Å². The lowest BCUT2D eigenvalue weighted by molar-refractivity contribution is -0.105. The lowest BCUT2D eigenvalue weighted by Gasteiger charge is -2.04. The monoisotopic (exact) mass is 179 g/mol. The average Bonchev–Trinajstić information content (AvgIpc) is 2.19. The number of aldehydes is 1. The molecule has 0 saturated carbocycles. The molecule has 0 radical (unpaired) electrons. The summed E-state index contributed by atoms with van der Waals surface area (Å²) < 4.78 is 4.91. The Balaban J connectivity index is 3.07. The SMILES string of the molecule is COc1ccc(NC=O)c(C=O)c1. The van der Waals surface area contributed by atoms with Gasteiger partial charge < -0.3 is 10.1 Å². The lowest BCUT2D eigenvalue weighted by Crippen LogP contribution is -1.98. The van der Waals surface area contributed by atoms with Gasteiger partial charge in [0, 0.05) is 5.56 Å². The minimum atomic E-state index is 0.395. The molecule has 4 nitrogen and oxygen atoms in total. The summed E-state index contributed by atoms with van der Waals surface area (Å²) in [6.45, 7) is 0. The van der Waals surface area contributed by atoms with Crippen LogP contribution in [0.25, 0.3) is 0 Å². The Labute approximate surface area is 75.5 Å². The number of benzene rings is 1. The molecule has 1 aromatic carbocycles. The fourth-order valence-electron chi connectivity index (χ4n) is 0.960.